The zero-order valence-electron chi connectivity index (χ0n) is 15.7. The molecule has 2 N–H and O–H groups in total. The molecular weight excluding hydrogens is 344 g/mol. The molecule has 0 aromatic carbocycles. The summed E-state index contributed by atoms with van der Waals surface area (Å²) in [6.07, 6.45) is 2.28. The minimum Gasteiger partial charge on any atom is -0.481 e. The summed E-state index contributed by atoms with van der Waals surface area (Å²) in [7, 11) is -3.24. The molecule has 0 aliphatic carbocycles. The second kappa shape index (κ2) is 8.98. The van der Waals surface area contributed by atoms with E-state index in [1.165, 1.54) is 4.31 Å². The lowest BCUT2D eigenvalue weighted by Crippen LogP contribution is -2.54. The maximum Gasteiger partial charge on any atom is 0.305 e. The molecule has 25 heavy (non-hydrogen) atoms. The van der Waals surface area contributed by atoms with Gasteiger partial charge in [0.05, 0.1) is 12.2 Å². The number of hydrogen-bond donors (Lipinski definition) is 2. The topological polar surface area (TPSA) is 104 Å². The number of unbranched alkanes of at least 4 members (excludes halogenated alkanes) is 1. The van der Waals surface area contributed by atoms with Gasteiger partial charge in [-0.15, -0.1) is 0 Å². The fourth-order valence-electron chi connectivity index (χ4n) is 2.94. The largest absolute Gasteiger partial charge is 0.481 e. The summed E-state index contributed by atoms with van der Waals surface area (Å²) in [5, 5.41) is 12.0. The molecule has 1 rings (SSSR count). The van der Waals surface area contributed by atoms with Gasteiger partial charge in [0.1, 0.15) is 0 Å². The Morgan fingerprint density at radius 2 is 1.84 bits per heavy atom. The molecule has 0 spiro atoms. The van der Waals surface area contributed by atoms with Crippen LogP contribution in [-0.4, -0.2) is 54.1 Å². The second-order valence-corrected chi connectivity index (χ2v) is 9.56. The molecule has 1 unspecified atom stereocenters. The third kappa shape index (κ3) is 6.26. The highest BCUT2D eigenvalue weighted by Gasteiger charge is 2.36. The van der Waals surface area contributed by atoms with Crippen LogP contribution < -0.4 is 5.32 Å². The van der Waals surface area contributed by atoms with Gasteiger partial charge in [-0.2, -0.15) is 0 Å². The van der Waals surface area contributed by atoms with Gasteiger partial charge >= 0.3 is 5.97 Å². The SMILES string of the molecule is CCCCS(=O)(=O)N1CCC(C(=O)NC(C)(CC(=O)O)C(C)C)CC1. The minimum atomic E-state index is -3.24. The van der Waals surface area contributed by atoms with Gasteiger partial charge in [-0.1, -0.05) is 27.2 Å². The van der Waals surface area contributed by atoms with Gasteiger partial charge in [0, 0.05) is 24.5 Å². The molecule has 7 nitrogen and oxygen atoms in total. The fraction of sp³-hybridized carbons (Fsp3) is 0.882. The average Bonchev–Trinajstić information content (AvgIpc) is 2.52. The van der Waals surface area contributed by atoms with Crippen LogP contribution >= 0.6 is 0 Å². The molecule has 1 atom stereocenters. The normalized spacial score (nSPS) is 19.6. The van der Waals surface area contributed by atoms with Crippen molar-refractivity contribution in [2.75, 3.05) is 18.8 Å². The number of amides is 1. The number of hydrogen-bond acceptors (Lipinski definition) is 4. The summed E-state index contributed by atoms with van der Waals surface area (Å²) in [4.78, 5) is 23.6. The predicted molar refractivity (Wildman–Crippen MR) is 96.6 cm³/mol. The first kappa shape index (κ1) is 21.9. The molecule has 1 heterocycles. The standard InChI is InChI=1S/C17H32N2O5S/c1-5-6-11-25(23,24)19-9-7-14(8-10-19)16(22)18-17(4,13(2)3)12-15(20)21/h13-14H,5-12H2,1-4H3,(H,18,22)(H,20,21). The van der Waals surface area contributed by atoms with Gasteiger partial charge in [0.15, 0.2) is 0 Å². The van der Waals surface area contributed by atoms with Crippen molar-refractivity contribution in [3.8, 4) is 0 Å². The third-order valence-electron chi connectivity index (χ3n) is 5.18. The fourth-order valence-corrected chi connectivity index (χ4v) is 4.62. The van der Waals surface area contributed by atoms with Gasteiger partial charge < -0.3 is 10.4 Å². The Morgan fingerprint density at radius 3 is 2.28 bits per heavy atom. The summed E-state index contributed by atoms with van der Waals surface area (Å²) in [6, 6.07) is 0. The van der Waals surface area contributed by atoms with E-state index in [4.69, 9.17) is 5.11 Å². The lowest BCUT2D eigenvalue weighted by atomic mass is 9.84. The van der Waals surface area contributed by atoms with Crippen molar-refractivity contribution < 1.29 is 23.1 Å². The van der Waals surface area contributed by atoms with Crippen LogP contribution in [-0.2, 0) is 19.6 Å². The number of rotatable bonds is 9. The molecule has 8 heteroatoms. The Kier molecular flexibility index (Phi) is 7.87. The van der Waals surface area contributed by atoms with Gasteiger partial charge in [-0.05, 0) is 32.1 Å². The Bertz CT molecular complexity index is 568. The zero-order chi connectivity index (χ0) is 19.3. The van der Waals surface area contributed by atoms with Gasteiger partial charge in [0.2, 0.25) is 15.9 Å². The molecule has 1 fully saturated rings. The van der Waals surface area contributed by atoms with Gasteiger partial charge in [-0.3, -0.25) is 9.59 Å². The molecule has 1 amide bonds. The van der Waals surface area contributed by atoms with Gasteiger partial charge in [-0.25, -0.2) is 12.7 Å². The predicted octanol–water partition coefficient (Wildman–Crippen LogP) is 1.83. The molecule has 0 bridgehead atoms. The van der Waals surface area contributed by atoms with Crippen LogP contribution in [0.15, 0.2) is 0 Å². The number of carboxylic acids is 1. The van der Waals surface area contributed by atoms with E-state index in [0.29, 0.717) is 32.4 Å². The lowest BCUT2D eigenvalue weighted by Gasteiger charge is -2.37. The Hall–Kier alpha value is -1.15. The Balaban J connectivity index is 2.64. The summed E-state index contributed by atoms with van der Waals surface area (Å²) >= 11 is 0. The summed E-state index contributed by atoms with van der Waals surface area (Å²) < 4.78 is 25.9. The molecule has 0 radical (unpaired) electrons. The molecule has 0 saturated carbocycles. The molecule has 1 saturated heterocycles. The number of carboxylic acid groups (broad SMARTS) is 1. The van der Waals surface area contributed by atoms with Crippen molar-refractivity contribution in [1.82, 2.24) is 9.62 Å². The summed E-state index contributed by atoms with van der Waals surface area (Å²) in [5.41, 5.74) is -0.812. The highest BCUT2D eigenvalue weighted by molar-refractivity contribution is 7.89. The zero-order valence-corrected chi connectivity index (χ0v) is 16.6. The maximum atomic E-state index is 12.6. The highest BCUT2D eigenvalue weighted by atomic mass is 32.2. The minimum absolute atomic E-state index is 0.0259. The van der Waals surface area contributed by atoms with Crippen LogP contribution in [0.25, 0.3) is 0 Å². The van der Waals surface area contributed by atoms with Crippen LogP contribution in [0.2, 0.25) is 0 Å². The van der Waals surface area contributed by atoms with Crippen molar-refractivity contribution >= 4 is 21.9 Å². The first-order chi connectivity index (χ1) is 11.5. The van der Waals surface area contributed by atoms with E-state index in [1.54, 1.807) is 6.92 Å². The van der Waals surface area contributed by atoms with Crippen LogP contribution in [0.5, 0.6) is 0 Å². The molecule has 1 aliphatic rings. The number of carbonyl (C=O) groups excluding carboxylic acids is 1. The van der Waals surface area contributed by atoms with E-state index in [1.807, 2.05) is 20.8 Å². The molecule has 146 valence electrons. The number of carbonyl (C=O) groups is 2. The first-order valence-electron chi connectivity index (χ1n) is 9.03. The Morgan fingerprint density at radius 1 is 1.28 bits per heavy atom. The van der Waals surface area contributed by atoms with Gasteiger partial charge in [0.25, 0.3) is 0 Å². The molecular formula is C17H32N2O5S. The second-order valence-electron chi connectivity index (χ2n) is 7.47. The number of nitrogens with zero attached hydrogens (tertiary/aromatic N) is 1. The number of aliphatic carboxylic acids is 1. The van der Waals surface area contributed by atoms with Crippen molar-refractivity contribution in [2.45, 2.75) is 65.3 Å². The molecule has 0 aromatic rings. The quantitative estimate of drug-likeness (QED) is 0.639. The summed E-state index contributed by atoms with van der Waals surface area (Å²) in [6.45, 7) is 8.16. The first-order valence-corrected chi connectivity index (χ1v) is 10.6. The van der Waals surface area contributed by atoms with Crippen molar-refractivity contribution in [3.63, 3.8) is 0 Å². The average molecular weight is 377 g/mol. The van der Waals surface area contributed by atoms with E-state index in [-0.39, 0.29) is 29.9 Å². The highest BCUT2D eigenvalue weighted by Crippen LogP contribution is 2.25. The van der Waals surface area contributed by atoms with Crippen molar-refractivity contribution in [1.29, 1.82) is 0 Å². The summed E-state index contributed by atoms with van der Waals surface area (Å²) in [5.74, 6) is -1.27. The maximum absolute atomic E-state index is 12.6. The van der Waals surface area contributed by atoms with E-state index >= 15 is 0 Å². The van der Waals surface area contributed by atoms with Crippen LogP contribution in [0.1, 0.15) is 59.8 Å². The van der Waals surface area contributed by atoms with E-state index in [0.717, 1.165) is 6.42 Å². The van der Waals surface area contributed by atoms with Crippen LogP contribution in [0, 0.1) is 11.8 Å². The number of nitrogens with one attached hydrogen (secondary N) is 1. The van der Waals surface area contributed by atoms with Crippen molar-refractivity contribution in [3.05, 3.63) is 0 Å². The Labute approximate surface area is 151 Å². The van der Waals surface area contributed by atoms with E-state index in [9.17, 15) is 18.0 Å². The van der Waals surface area contributed by atoms with E-state index in [2.05, 4.69) is 5.32 Å². The lowest BCUT2D eigenvalue weighted by molar-refractivity contribution is -0.140. The van der Waals surface area contributed by atoms with Crippen molar-refractivity contribution in [2.24, 2.45) is 11.8 Å². The number of piperidine rings is 1. The smallest absolute Gasteiger partial charge is 0.305 e. The third-order valence-corrected chi connectivity index (χ3v) is 7.13. The van der Waals surface area contributed by atoms with Crippen LogP contribution in [0.4, 0.5) is 0 Å². The number of sulfonamides is 1. The molecule has 0 aromatic heterocycles. The van der Waals surface area contributed by atoms with Crippen LogP contribution in [0.3, 0.4) is 0 Å². The monoisotopic (exact) mass is 376 g/mol. The molecule has 1 aliphatic heterocycles. The van der Waals surface area contributed by atoms with E-state index < -0.39 is 21.5 Å².